The van der Waals surface area contributed by atoms with Gasteiger partial charge in [-0.25, -0.2) is 0 Å². The van der Waals surface area contributed by atoms with Gasteiger partial charge in [-0.3, -0.25) is 4.79 Å². The molecule has 1 aliphatic carbocycles. The lowest BCUT2D eigenvalue weighted by atomic mass is 9.68. The summed E-state index contributed by atoms with van der Waals surface area (Å²) >= 11 is 4.96. The van der Waals surface area contributed by atoms with Crippen LogP contribution in [0.1, 0.15) is 25.1 Å². The van der Waals surface area contributed by atoms with Gasteiger partial charge in [0.25, 0.3) is 0 Å². The molecule has 0 radical (unpaired) electrons. The molecule has 0 unspecified atom stereocenters. The van der Waals surface area contributed by atoms with Crippen LogP contribution in [-0.2, 0) is 11.2 Å². The third-order valence-electron chi connectivity index (χ3n) is 3.15. The minimum atomic E-state index is -0.618. The maximum absolute atomic E-state index is 12.0. The Balaban J connectivity index is 1.83. The summed E-state index contributed by atoms with van der Waals surface area (Å²) in [5.74, 6) is 0.489. The number of thiocarbonyl (C=S) groups is 1. The van der Waals surface area contributed by atoms with Crippen molar-refractivity contribution in [1.82, 2.24) is 15.5 Å². The summed E-state index contributed by atoms with van der Waals surface area (Å²) in [6, 6.07) is 0. The van der Waals surface area contributed by atoms with Crippen LogP contribution in [0.25, 0.3) is 0 Å². The van der Waals surface area contributed by atoms with Crippen LogP contribution in [0, 0.1) is 5.41 Å². The second-order valence-electron chi connectivity index (χ2n) is 4.15. The number of carbonyl (C=O) groups excluding carboxylic acids is 1. The van der Waals surface area contributed by atoms with Crippen LogP contribution in [0.5, 0.6) is 0 Å². The highest BCUT2D eigenvalue weighted by atomic mass is 32.1. The van der Waals surface area contributed by atoms with Crippen LogP contribution in [0.2, 0.25) is 0 Å². The molecule has 1 fully saturated rings. The van der Waals surface area contributed by atoms with Gasteiger partial charge in [0, 0.05) is 13.0 Å². The fourth-order valence-corrected chi connectivity index (χ4v) is 2.17. The first-order valence-corrected chi connectivity index (χ1v) is 5.89. The number of nitrogens with one attached hydrogen (secondary N) is 1. The topological polar surface area (TPSA) is 94.0 Å². The fourth-order valence-electron chi connectivity index (χ4n) is 1.88. The van der Waals surface area contributed by atoms with E-state index < -0.39 is 5.41 Å². The molecule has 92 valence electrons. The fraction of sp³-hybridized carbons (Fsp3) is 0.600. The molecule has 1 aromatic heterocycles. The van der Waals surface area contributed by atoms with E-state index in [0.717, 1.165) is 19.3 Å². The molecule has 6 nitrogen and oxygen atoms in total. The van der Waals surface area contributed by atoms with Crippen molar-refractivity contribution in [3.8, 4) is 0 Å². The second-order valence-corrected chi connectivity index (χ2v) is 4.59. The normalized spacial score (nSPS) is 17.2. The molecule has 1 aromatic rings. The van der Waals surface area contributed by atoms with E-state index in [1.54, 1.807) is 0 Å². The molecule has 1 amide bonds. The zero-order valence-corrected chi connectivity index (χ0v) is 10.1. The number of carbonyl (C=O) groups is 1. The zero-order chi connectivity index (χ0) is 12.3. The quantitative estimate of drug-likeness (QED) is 0.728. The number of hydrogen-bond acceptors (Lipinski definition) is 5. The molecule has 0 saturated heterocycles. The van der Waals surface area contributed by atoms with E-state index >= 15 is 0 Å². The van der Waals surface area contributed by atoms with E-state index in [1.165, 1.54) is 6.39 Å². The van der Waals surface area contributed by atoms with Crippen LogP contribution < -0.4 is 11.1 Å². The SMILES string of the molecule is NC(=S)C1(C(=O)NCCc2ncon2)CCC1. The van der Waals surface area contributed by atoms with Gasteiger partial charge >= 0.3 is 0 Å². The van der Waals surface area contributed by atoms with Crippen LogP contribution in [0.3, 0.4) is 0 Å². The third-order valence-corrected chi connectivity index (χ3v) is 3.55. The second kappa shape index (κ2) is 4.79. The van der Waals surface area contributed by atoms with Crippen LogP contribution >= 0.6 is 12.2 Å². The third kappa shape index (κ3) is 2.28. The Kier molecular flexibility index (Phi) is 3.37. The highest BCUT2D eigenvalue weighted by Gasteiger charge is 2.46. The summed E-state index contributed by atoms with van der Waals surface area (Å²) in [6.45, 7) is 0.461. The number of nitrogens with two attached hydrogens (primary N) is 1. The summed E-state index contributed by atoms with van der Waals surface area (Å²) in [5, 5.41) is 6.47. The van der Waals surface area contributed by atoms with Gasteiger partial charge in [-0.15, -0.1) is 0 Å². The van der Waals surface area contributed by atoms with Crippen LogP contribution in [-0.4, -0.2) is 27.6 Å². The molecular formula is C10H14N4O2S. The first-order chi connectivity index (χ1) is 8.15. The van der Waals surface area contributed by atoms with Crippen molar-refractivity contribution in [3.63, 3.8) is 0 Å². The van der Waals surface area contributed by atoms with E-state index in [1.807, 2.05) is 0 Å². The Morgan fingerprint density at radius 3 is 2.88 bits per heavy atom. The Bertz CT molecular complexity index is 414. The smallest absolute Gasteiger partial charge is 0.233 e. The molecular weight excluding hydrogens is 240 g/mol. The Morgan fingerprint density at radius 1 is 1.65 bits per heavy atom. The minimum absolute atomic E-state index is 0.0836. The summed E-state index contributed by atoms with van der Waals surface area (Å²) in [7, 11) is 0. The standard InChI is InChI=1S/C10H14N4O2S/c11-8(17)10(3-1-4-10)9(15)12-5-2-7-13-6-16-14-7/h6H,1-5H2,(H2,11,17)(H,12,15). The lowest BCUT2D eigenvalue weighted by Gasteiger charge is -2.39. The molecule has 0 bridgehead atoms. The van der Waals surface area contributed by atoms with Gasteiger partial charge < -0.3 is 15.6 Å². The summed E-state index contributed by atoms with van der Waals surface area (Å²) in [5.41, 5.74) is 5.01. The molecule has 1 heterocycles. The molecule has 2 rings (SSSR count). The lowest BCUT2D eigenvalue weighted by molar-refractivity contribution is -0.130. The first-order valence-electron chi connectivity index (χ1n) is 5.48. The van der Waals surface area contributed by atoms with E-state index in [9.17, 15) is 4.79 Å². The van der Waals surface area contributed by atoms with E-state index in [0.29, 0.717) is 23.8 Å². The predicted molar refractivity (Wildman–Crippen MR) is 64.1 cm³/mol. The molecule has 1 saturated carbocycles. The Hall–Kier alpha value is -1.50. The number of hydrogen-bond donors (Lipinski definition) is 2. The van der Waals surface area contributed by atoms with Crippen molar-refractivity contribution < 1.29 is 9.32 Å². The Morgan fingerprint density at radius 2 is 2.41 bits per heavy atom. The van der Waals surface area contributed by atoms with Crippen molar-refractivity contribution in [2.24, 2.45) is 11.1 Å². The molecule has 0 aromatic carbocycles. The predicted octanol–water partition coefficient (Wildman–Crippen LogP) is 0.185. The van der Waals surface area contributed by atoms with Gasteiger partial charge in [0.1, 0.15) is 0 Å². The summed E-state index contributed by atoms with van der Waals surface area (Å²) in [6.07, 6.45) is 4.29. The molecule has 17 heavy (non-hydrogen) atoms. The van der Waals surface area contributed by atoms with E-state index in [-0.39, 0.29) is 5.91 Å². The first kappa shape index (κ1) is 12.0. The van der Waals surface area contributed by atoms with Gasteiger partial charge in [-0.05, 0) is 12.8 Å². The number of nitrogens with zero attached hydrogens (tertiary/aromatic N) is 2. The number of amides is 1. The molecule has 0 aliphatic heterocycles. The average molecular weight is 254 g/mol. The Labute approximate surface area is 104 Å². The van der Waals surface area contributed by atoms with E-state index in [2.05, 4.69) is 20.0 Å². The highest BCUT2D eigenvalue weighted by Crippen LogP contribution is 2.41. The zero-order valence-electron chi connectivity index (χ0n) is 9.31. The minimum Gasteiger partial charge on any atom is -0.392 e. The van der Waals surface area contributed by atoms with Gasteiger partial charge in [-0.2, -0.15) is 4.98 Å². The molecule has 0 spiro atoms. The van der Waals surface area contributed by atoms with Gasteiger partial charge in [0.05, 0.1) is 10.4 Å². The van der Waals surface area contributed by atoms with Crippen molar-refractivity contribution >= 4 is 23.1 Å². The van der Waals surface area contributed by atoms with Crippen LogP contribution in [0.15, 0.2) is 10.9 Å². The van der Waals surface area contributed by atoms with Crippen molar-refractivity contribution in [2.45, 2.75) is 25.7 Å². The average Bonchev–Trinajstić information content (AvgIpc) is 2.67. The maximum Gasteiger partial charge on any atom is 0.233 e. The lowest BCUT2D eigenvalue weighted by Crippen LogP contribution is -2.53. The summed E-state index contributed by atoms with van der Waals surface area (Å²) in [4.78, 5) is 16.1. The van der Waals surface area contributed by atoms with Crippen molar-refractivity contribution in [2.75, 3.05) is 6.54 Å². The van der Waals surface area contributed by atoms with Crippen LogP contribution in [0.4, 0.5) is 0 Å². The van der Waals surface area contributed by atoms with Gasteiger partial charge in [-0.1, -0.05) is 23.8 Å². The largest absolute Gasteiger partial charge is 0.392 e. The monoisotopic (exact) mass is 254 g/mol. The molecule has 3 N–H and O–H groups in total. The van der Waals surface area contributed by atoms with Crippen molar-refractivity contribution in [1.29, 1.82) is 0 Å². The molecule has 1 aliphatic rings. The molecule has 7 heteroatoms. The van der Waals surface area contributed by atoms with E-state index in [4.69, 9.17) is 18.0 Å². The molecule has 0 atom stereocenters. The number of rotatable bonds is 5. The van der Waals surface area contributed by atoms with Crippen molar-refractivity contribution in [3.05, 3.63) is 12.2 Å². The van der Waals surface area contributed by atoms with Gasteiger partial charge in [0.2, 0.25) is 12.3 Å². The maximum atomic E-state index is 12.0. The van der Waals surface area contributed by atoms with Gasteiger partial charge in [0.15, 0.2) is 5.82 Å². The number of aromatic nitrogens is 2. The highest BCUT2D eigenvalue weighted by molar-refractivity contribution is 7.80. The summed E-state index contributed by atoms with van der Waals surface area (Å²) < 4.78 is 4.60.